The Labute approximate surface area is 337 Å². The van der Waals surface area contributed by atoms with E-state index in [1.165, 1.54) is 38.1 Å². The van der Waals surface area contributed by atoms with Gasteiger partial charge in [-0.25, -0.2) is 0 Å². The van der Waals surface area contributed by atoms with Crippen molar-refractivity contribution in [3.8, 4) is 44.7 Å². The second-order valence-electron chi connectivity index (χ2n) is 14.8. The maximum atomic E-state index is 6.96. The molecule has 10 aromatic carbocycles. The summed E-state index contributed by atoms with van der Waals surface area (Å²) in [5, 5.41) is 8.20. The van der Waals surface area contributed by atoms with Gasteiger partial charge in [0.2, 0.25) is 0 Å². The summed E-state index contributed by atoms with van der Waals surface area (Å²) < 4.78 is 6.96. The van der Waals surface area contributed by atoms with E-state index in [1.807, 2.05) is 0 Å². The molecule has 1 aromatic heterocycles. The molecule has 0 N–H and O–H groups in total. The molecule has 0 saturated carbocycles. The highest BCUT2D eigenvalue weighted by molar-refractivity contribution is 6.29. The standard InChI is InChI=1S/C56H37NO/c1-4-16-38(17-5-1)39-30-33-45(34-31-39)57(52-29-15-23-40-18-10-11-26-47(40)52)46-25-14-24-43(36-46)44-32-35-49-51(37-44)48-27-12-13-28-50(48)56-54(49)53(41-19-6-2-7-20-41)55(58-56)42-21-8-3-9-22-42/h1-37H. The fourth-order valence-electron chi connectivity index (χ4n) is 8.72. The number of anilines is 3. The van der Waals surface area contributed by atoms with Crippen LogP contribution in [0.3, 0.4) is 0 Å². The molecule has 0 atom stereocenters. The first-order valence-corrected chi connectivity index (χ1v) is 19.8. The van der Waals surface area contributed by atoms with Crippen LogP contribution in [-0.2, 0) is 0 Å². The van der Waals surface area contributed by atoms with Crippen LogP contribution in [0.1, 0.15) is 0 Å². The first kappa shape index (κ1) is 33.6. The zero-order chi connectivity index (χ0) is 38.4. The van der Waals surface area contributed by atoms with E-state index in [-0.39, 0.29) is 0 Å². The molecule has 2 nitrogen and oxygen atoms in total. The third kappa shape index (κ3) is 5.74. The highest BCUT2D eigenvalue weighted by atomic mass is 16.3. The predicted octanol–water partition coefficient (Wildman–Crippen LogP) is 16.0. The monoisotopic (exact) mass is 739 g/mol. The molecule has 0 aliphatic rings. The molecule has 0 aliphatic heterocycles. The molecule has 0 saturated heterocycles. The molecule has 11 rings (SSSR count). The first-order chi connectivity index (χ1) is 28.8. The Morgan fingerprint density at radius 3 is 1.62 bits per heavy atom. The van der Waals surface area contributed by atoms with Gasteiger partial charge in [0.1, 0.15) is 11.3 Å². The molecule has 0 bridgehead atoms. The number of hydrogen-bond acceptors (Lipinski definition) is 2. The molecule has 0 fully saturated rings. The van der Waals surface area contributed by atoms with Crippen molar-refractivity contribution in [3.05, 3.63) is 224 Å². The highest BCUT2D eigenvalue weighted by Crippen LogP contribution is 2.48. The summed E-state index contributed by atoms with van der Waals surface area (Å²) in [4.78, 5) is 2.39. The van der Waals surface area contributed by atoms with E-state index in [4.69, 9.17) is 4.42 Å². The van der Waals surface area contributed by atoms with Crippen molar-refractivity contribution in [1.82, 2.24) is 0 Å². The van der Waals surface area contributed by atoms with Crippen molar-refractivity contribution in [2.24, 2.45) is 0 Å². The average Bonchev–Trinajstić information content (AvgIpc) is 3.72. The van der Waals surface area contributed by atoms with E-state index < -0.39 is 0 Å². The summed E-state index contributed by atoms with van der Waals surface area (Å²) in [5.74, 6) is 0.890. The van der Waals surface area contributed by atoms with Gasteiger partial charge in [0.15, 0.2) is 0 Å². The lowest BCUT2D eigenvalue weighted by Crippen LogP contribution is -2.10. The zero-order valence-electron chi connectivity index (χ0n) is 31.7. The second kappa shape index (κ2) is 14.1. The van der Waals surface area contributed by atoms with Crippen LogP contribution in [0.2, 0.25) is 0 Å². The summed E-state index contributed by atoms with van der Waals surface area (Å²) in [6.07, 6.45) is 0. The Hall–Kier alpha value is -7.68. The van der Waals surface area contributed by atoms with Gasteiger partial charge >= 0.3 is 0 Å². The van der Waals surface area contributed by atoms with E-state index in [9.17, 15) is 0 Å². The van der Waals surface area contributed by atoms with Crippen LogP contribution >= 0.6 is 0 Å². The number of fused-ring (bicyclic) bond motifs is 7. The van der Waals surface area contributed by atoms with Gasteiger partial charge < -0.3 is 9.32 Å². The highest BCUT2D eigenvalue weighted by Gasteiger charge is 2.23. The van der Waals surface area contributed by atoms with E-state index in [1.54, 1.807) is 0 Å². The molecule has 0 spiro atoms. The quantitative estimate of drug-likeness (QED) is 0.151. The molecular weight excluding hydrogens is 703 g/mol. The summed E-state index contributed by atoms with van der Waals surface area (Å²) in [7, 11) is 0. The van der Waals surface area contributed by atoms with Crippen LogP contribution < -0.4 is 4.90 Å². The van der Waals surface area contributed by atoms with Crippen molar-refractivity contribution in [2.45, 2.75) is 0 Å². The molecule has 0 amide bonds. The van der Waals surface area contributed by atoms with Gasteiger partial charge in [-0.15, -0.1) is 0 Å². The van der Waals surface area contributed by atoms with Gasteiger partial charge in [0.05, 0.1) is 5.69 Å². The molecule has 272 valence electrons. The van der Waals surface area contributed by atoms with E-state index in [0.29, 0.717) is 0 Å². The molecule has 0 radical (unpaired) electrons. The molecule has 2 heteroatoms. The van der Waals surface area contributed by atoms with Crippen LogP contribution in [0.5, 0.6) is 0 Å². The Morgan fingerprint density at radius 2 is 0.862 bits per heavy atom. The van der Waals surface area contributed by atoms with Gasteiger partial charge in [0, 0.05) is 38.7 Å². The second-order valence-corrected chi connectivity index (χ2v) is 14.8. The summed E-state index contributed by atoms with van der Waals surface area (Å²) in [6.45, 7) is 0. The lowest BCUT2D eigenvalue weighted by Gasteiger charge is -2.27. The molecule has 0 unspecified atom stereocenters. The van der Waals surface area contributed by atoms with Crippen molar-refractivity contribution >= 4 is 60.3 Å². The number of benzene rings is 10. The third-order valence-electron chi connectivity index (χ3n) is 11.4. The largest absolute Gasteiger partial charge is 0.455 e. The summed E-state index contributed by atoms with van der Waals surface area (Å²) in [6, 6.07) is 80.4. The maximum Gasteiger partial charge on any atom is 0.143 e. The summed E-state index contributed by atoms with van der Waals surface area (Å²) in [5.41, 5.74) is 12.3. The Morgan fingerprint density at radius 1 is 0.310 bits per heavy atom. The van der Waals surface area contributed by atoms with Gasteiger partial charge in [-0.3, -0.25) is 0 Å². The number of nitrogens with zero attached hydrogens (tertiary/aromatic N) is 1. The van der Waals surface area contributed by atoms with Crippen molar-refractivity contribution in [3.63, 3.8) is 0 Å². The van der Waals surface area contributed by atoms with Gasteiger partial charge in [0.25, 0.3) is 0 Å². The Balaban J connectivity index is 1.10. The fraction of sp³-hybridized carbons (Fsp3) is 0. The van der Waals surface area contributed by atoms with E-state index >= 15 is 0 Å². The van der Waals surface area contributed by atoms with Crippen LogP contribution in [0.25, 0.3) is 88.0 Å². The van der Waals surface area contributed by atoms with Gasteiger partial charge in [-0.1, -0.05) is 188 Å². The lowest BCUT2D eigenvalue weighted by molar-refractivity contribution is 0.636. The van der Waals surface area contributed by atoms with Crippen molar-refractivity contribution in [2.75, 3.05) is 4.90 Å². The SMILES string of the molecule is c1ccc(-c2ccc(N(c3cccc(-c4ccc5c(c4)c4ccccc4c4oc(-c6ccccc6)c(-c6ccccc6)c54)c3)c3cccc4ccccc34)cc2)cc1. The van der Waals surface area contributed by atoms with E-state index in [2.05, 4.69) is 229 Å². The number of furan rings is 1. The lowest BCUT2D eigenvalue weighted by atomic mass is 9.91. The minimum Gasteiger partial charge on any atom is -0.455 e. The van der Waals surface area contributed by atoms with Crippen molar-refractivity contribution < 1.29 is 4.42 Å². The topological polar surface area (TPSA) is 16.4 Å². The van der Waals surface area contributed by atoms with Crippen molar-refractivity contribution in [1.29, 1.82) is 0 Å². The maximum absolute atomic E-state index is 6.96. The Kier molecular flexibility index (Phi) is 8.19. The minimum absolute atomic E-state index is 0.890. The zero-order valence-corrected chi connectivity index (χ0v) is 31.7. The van der Waals surface area contributed by atoms with Gasteiger partial charge in [-0.05, 0) is 85.8 Å². The molecule has 58 heavy (non-hydrogen) atoms. The Bertz CT molecular complexity index is 3250. The number of rotatable bonds is 7. The van der Waals surface area contributed by atoms with Crippen LogP contribution in [0.4, 0.5) is 17.1 Å². The smallest absolute Gasteiger partial charge is 0.143 e. The molecule has 0 aliphatic carbocycles. The van der Waals surface area contributed by atoms with Crippen LogP contribution in [0, 0.1) is 0 Å². The molecule has 11 aromatic rings. The van der Waals surface area contributed by atoms with Crippen LogP contribution in [-0.4, -0.2) is 0 Å². The average molecular weight is 740 g/mol. The van der Waals surface area contributed by atoms with Gasteiger partial charge in [-0.2, -0.15) is 0 Å². The minimum atomic E-state index is 0.890. The third-order valence-corrected chi connectivity index (χ3v) is 11.4. The van der Waals surface area contributed by atoms with E-state index in [0.717, 1.165) is 67.0 Å². The predicted molar refractivity (Wildman–Crippen MR) is 245 cm³/mol. The summed E-state index contributed by atoms with van der Waals surface area (Å²) >= 11 is 0. The first-order valence-electron chi connectivity index (χ1n) is 19.8. The molecular formula is C56H37NO. The normalized spacial score (nSPS) is 11.4. The fourth-order valence-corrected chi connectivity index (χ4v) is 8.72. The van der Waals surface area contributed by atoms with Crippen LogP contribution in [0.15, 0.2) is 229 Å². The molecule has 1 heterocycles. The number of hydrogen-bond donors (Lipinski definition) is 0.